The lowest BCUT2D eigenvalue weighted by Gasteiger charge is -2.38. The van der Waals surface area contributed by atoms with E-state index in [1.807, 2.05) is 4.90 Å². The molecule has 2 amide bonds. The number of ether oxygens (including phenoxy) is 5. The van der Waals surface area contributed by atoms with Crippen LogP contribution in [0.15, 0.2) is 69.6 Å². The van der Waals surface area contributed by atoms with Gasteiger partial charge in [-0.05, 0) is 45.3 Å². The van der Waals surface area contributed by atoms with Crippen LogP contribution in [0.5, 0.6) is 11.5 Å². The number of aromatic hydroxyl groups is 1. The molecule has 1 unspecified atom stereocenters. The highest BCUT2D eigenvalue weighted by molar-refractivity contribution is 14.1. The van der Waals surface area contributed by atoms with Crippen LogP contribution >= 0.6 is 22.6 Å². The van der Waals surface area contributed by atoms with Crippen LogP contribution in [0, 0.1) is 36.4 Å². The van der Waals surface area contributed by atoms with Crippen molar-refractivity contribution in [2.24, 2.45) is 28.7 Å². The number of fused-ring (bicyclic) bond motifs is 15. The lowest BCUT2D eigenvalue weighted by atomic mass is 9.78. The van der Waals surface area contributed by atoms with Gasteiger partial charge >= 0.3 is 11.9 Å². The summed E-state index contributed by atoms with van der Waals surface area (Å²) in [4.78, 5) is 105. The van der Waals surface area contributed by atoms with Gasteiger partial charge in [-0.25, -0.2) is 9.18 Å². The minimum atomic E-state index is -1.96. The summed E-state index contributed by atoms with van der Waals surface area (Å²) >= 11 is 2.11. The number of nitrogens with zero attached hydrogens (tertiary/aromatic N) is 4. The number of rotatable bonds is 11. The molecule has 22 nitrogen and oxygen atoms in total. The first kappa shape index (κ1) is 63.5. The van der Waals surface area contributed by atoms with Crippen molar-refractivity contribution < 1.29 is 77.3 Å². The molecule has 1 saturated carbocycles. The lowest BCUT2D eigenvalue weighted by molar-refractivity contribution is -0.160. The van der Waals surface area contributed by atoms with Gasteiger partial charge in [0.05, 0.1) is 65.7 Å². The Kier molecular flexibility index (Phi) is 19.0. The minimum absolute atomic E-state index is 0.00205. The Morgan fingerprint density at radius 3 is 2.30 bits per heavy atom. The number of phenols is 1. The molecule has 462 valence electrons. The molecule has 1 aromatic heterocycles. The van der Waals surface area contributed by atoms with Crippen molar-refractivity contribution in [3.05, 3.63) is 109 Å². The molecule has 10 atom stereocenters. The first-order chi connectivity index (χ1) is 40.8. The van der Waals surface area contributed by atoms with E-state index in [1.165, 1.54) is 59.4 Å². The third kappa shape index (κ3) is 12.2. The van der Waals surface area contributed by atoms with Gasteiger partial charge in [-0.15, -0.1) is 0 Å². The molecule has 6 N–H and O–H groups in total. The number of halogens is 2. The van der Waals surface area contributed by atoms with E-state index in [-0.39, 0.29) is 108 Å². The monoisotopic (exact) mass is 1300 g/mol. The zero-order chi connectivity index (χ0) is 62.4. The number of benzene rings is 2. The van der Waals surface area contributed by atoms with Gasteiger partial charge < -0.3 is 69.1 Å². The summed E-state index contributed by atoms with van der Waals surface area (Å²) in [6.45, 7) is 13.6. The van der Waals surface area contributed by atoms with Crippen molar-refractivity contribution in [1.82, 2.24) is 20.1 Å². The molecule has 24 heteroatoms. The van der Waals surface area contributed by atoms with Crippen molar-refractivity contribution in [2.45, 2.75) is 128 Å². The van der Waals surface area contributed by atoms with Crippen LogP contribution in [0.4, 0.5) is 10.1 Å². The summed E-state index contributed by atoms with van der Waals surface area (Å²) in [5.74, 6) is -10.9. The summed E-state index contributed by atoms with van der Waals surface area (Å²) in [6.07, 6.45) is 6.44. The van der Waals surface area contributed by atoms with Crippen LogP contribution in [-0.4, -0.2) is 160 Å². The van der Waals surface area contributed by atoms with Gasteiger partial charge in [0.15, 0.2) is 0 Å². The number of hydrogen-bond donors (Lipinski definition) is 6. The number of aromatic nitrogens is 1. The highest BCUT2D eigenvalue weighted by Gasteiger charge is 2.52. The quantitative estimate of drug-likeness (QED) is 0.0718. The smallest absolute Gasteiger partial charge is 0.341 e. The van der Waals surface area contributed by atoms with E-state index in [4.69, 9.17) is 28.7 Å². The Balaban J connectivity index is 1.08. The van der Waals surface area contributed by atoms with Gasteiger partial charge in [0.25, 0.3) is 11.7 Å². The average Bonchev–Trinajstić information content (AvgIpc) is 1.46. The number of anilines is 1. The lowest BCUT2D eigenvalue weighted by Crippen LogP contribution is -2.46. The second-order valence-electron chi connectivity index (χ2n) is 23.3. The summed E-state index contributed by atoms with van der Waals surface area (Å²) in [7, 11) is 1.43. The van der Waals surface area contributed by atoms with Crippen molar-refractivity contribution >= 4 is 80.2 Å². The number of nitrogens with one attached hydrogen (secondary N) is 2. The number of methoxy groups -OCH3 is 1. The minimum Gasteiger partial charge on any atom is -0.507 e. The van der Waals surface area contributed by atoms with E-state index >= 15 is 14.0 Å². The first-order valence-corrected chi connectivity index (χ1v) is 30.5. The van der Waals surface area contributed by atoms with E-state index < -0.39 is 123 Å². The summed E-state index contributed by atoms with van der Waals surface area (Å²) in [5, 5.41) is 50.9. The molecule has 10 rings (SSSR count). The highest BCUT2D eigenvalue weighted by atomic mass is 127. The second kappa shape index (κ2) is 25.8. The molecular weight excluding hydrogens is 1230 g/mol. The molecule has 5 bridgehead atoms. The molecule has 2 saturated heterocycles. The molecule has 2 aliphatic carbocycles. The number of carboxylic acids is 1. The van der Waals surface area contributed by atoms with Crippen LogP contribution < -0.4 is 25.7 Å². The van der Waals surface area contributed by atoms with Crippen molar-refractivity contribution in [3.8, 4) is 11.5 Å². The van der Waals surface area contributed by atoms with Crippen LogP contribution in [0.25, 0.3) is 10.9 Å². The summed E-state index contributed by atoms with van der Waals surface area (Å²) < 4.78 is 49.0. The fourth-order valence-corrected chi connectivity index (χ4v) is 13.2. The molecule has 0 radical (unpaired) electrons. The maximum Gasteiger partial charge on any atom is 0.341 e. The van der Waals surface area contributed by atoms with E-state index in [0.29, 0.717) is 28.5 Å². The number of phenolic OH excluding ortho intramolecular Hbond substituents is 1. The summed E-state index contributed by atoms with van der Waals surface area (Å²) in [6, 6.07) is 0.611. The highest BCUT2D eigenvalue weighted by Crippen LogP contribution is 2.50. The van der Waals surface area contributed by atoms with E-state index in [1.54, 1.807) is 49.3 Å². The normalized spacial score (nSPS) is 29.3. The fraction of sp³-hybridized carbons (Fsp3) is 0.516. The number of ketones is 2. The number of pyridine rings is 1. The number of aliphatic hydroxyl groups excluding tert-OH is 2. The Labute approximate surface area is 510 Å². The predicted octanol–water partition coefficient (Wildman–Crippen LogP) is 6.10. The van der Waals surface area contributed by atoms with Gasteiger partial charge in [-0.2, -0.15) is 0 Å². The third-order valence-corrected chi connectivity index (χ3v) is 18.2. The molecule has 6 heterocycles. The number of aliphatic hydroxyl groups is 2. The Morgan fingerprint density at radius 1 is 0.942 bits per heavy atom. The molecule has 0 spiro atoms. The predicted molar refractivity (Wildman–Crippen MR) is 322 cm³/mol. The molecule has 7 aliphatic rings. The van der Waals surface area contributed by atoms with Gasteiger partial charge in [0.1, 0.15) is 46.1 Å². The van der Waals surface area contributed by atoms with Gasteiger partial charge in [-0.3, -0.25) is 33.8 Å². The molecular formula is C62H74FIN6O16. The largest absolute Gasteiger partial charge is 0.507 e. The fourth-order valence-electron chi connectivity index (χ4n) is 12.5. The second-order valence-corrected chi connectivity index (χ2v) is 24.1. The number of alkyl halides is 1. The summed E-state index contributed by atoms with van der Waals surface area (Å²) in [5.41, 5.74) is -1.07. The topological polar surface area (TPSA) is 294 Å². The number of hydrogen-bond acceptors (Lipinski definition) is 18. The Morgan fingerprint density at radius 2 is 1.65 bits per heavy atom. The molecule has 86 heavy (non-hydrogen) atoms. The van der Waals surface area contributed by atoms with Crippen LogP contribution in [0.1, 0.15) is 128 Å². The standard InChI is InChI=1S/C62H74FIN6O16/c1-29-11-10-12-30(2)60(79)67-47-50(68-20-23-83-24-21-68)56(78)44-45(55(47)77)53(75)34(6)58-46(44)59(62(8,86-58)84-22-17-42(82-9)31(3)57(85-35(7)71)33(5)52(74)32(4)51(29)73)65-18-15-43(72)66-36-16-19-69(27-36)49-39(26-64)48-38(25-41(49)63)54(76)40(61(80)81)28-70(48)37-13-14-37/h10-12,17,22,25,28-29,31-33,36-37,42,51-52,57,73-75H,13-16,18-21,23-24,26-27H2,1-9H3,(H,66,72)(H,67,79)(H,80,81)/b11-10+,22-17+,30-12-,65-59?/t29-,31+,32+,33+,36?,42-,51-,52+,57+,62-/m0/s1. The van der Waals surface area contributed by atoms with Gasteiger partial charge in [-0.1, -0.05) is 68.5 Å². The number of Topliss-reactive ketones (excluding diaryl/α,β-unsaturated/α-hetero) is 2. The third-order valence-electron chi connectivity index (χ3n) is 17.4. The molecule has 3 fully saturated rings. The van der Waals surface area contributed by atoms with Crippen LogP contribution in [0.3, 0.4) is 0 Å². The van der Waals surface area contributed by atoms with Gasteiger partial charge in [0, 0.05) is 129 Å². The van der Waals surface area contributed by atoms with E-state index in [0.717, 1.165) is 18.9 Å². The average molecular weight is 1310 g/mol. The van der Waals surface area contributed by atoms with Crippen LogP contribution in [0.2, 0.25) is 0 Å². The van der Waals surface area contributed by atoms with Crippen LogP contribution in [-0.2, 0) is 37.8 Å². The molecule has 2 aromatic carbocycles. The van der Waals surface area contributed by atoms with E-state index in [2.05, 4.69) is 33.2 Å². The van der Waals surface area contributed by atoms with E-state index in [9.17, 15) is 44.4 Å². The zero-order valence-electron chi connectivity index (χ0n) is 49.5. The molecule has 5 aliphatic heterocycles. The number of carbonyl (C=O) groups excluding carboxylic acids is 5. The first-order valence-electron chi connectivity index (χ1n) is 28.9. The van der Waals surface area contributed by atoms with Crippen molar-refractivity contribution in [1.29, 1.82) is 0 Å². The number of carbonyl (C=O) groups is 6. The Hall–Kier alpha value is -7.00. The number of carboxylic acid groups (broad SMARTS) is 1. The number of amides is 2. The number of aliphatic imine (C=N–C) groups is 1. The maximum absolute atomic E-state index is 16.4. The SMILES string of the molecule is CO[C@H]1/C=C/O[C@@]2(C)Oc3c(C)c(O)c4c(c3C2=NCCC(=O)NC2CCN(c3c(F)cc5c(=O)c(C(=O)O)cn(C6CC6)c5c3CI)C2)C(=O)C(N2CCOCC2)=C(NC(=O)/C(C)=C\C=C\[C@H](C)[C@H](O)[C@@H](C)[C@@H](O)[C@@H](C)[C@H](OC(C)=O)[C@@H]1C)C4=O. The van der Waals surface area contributed by atoms with Crippen molar-refractivity contribution in [2.75, 3.05) is 57.9 Å². The molecule has 3 aromatic rings. The number of allylic oxidation sites excluding steroid dienone is 4. The number of esters is 1. The number of morpholine rings is 1. The van der Waals surface area contributed by atoms with Gasteiger partial charge in [0.2, 0.25) is 22.9 Å². The number of aromatic carboxylic acids is 1. The zero-order valence-corrected chi connectivity index (χ0v) is 51.7. The van der Waals surface area contributed by atoms with Crippen molar-refractivity contribution in [3.63, 3.8) is 0 Å². The maximum atomic E-state index is 16.4. The Bertz CT molecular complexity index is 3490.